The molecule has 0 unspecified atom stereocenters. The van der Waals surface area contributed by atoms with Crippen LogP contribution in [-0.4, -0.2) is 35.1 Å². The minimum Gasteiger partial charge on any atom is -0.477 e. The van der Waals surface area contributed by atoms with Crippen molar-refractivity contribution in [1.82, 2.24) is 10.3 Å². The van der Waals surface area contributed by atoms with Crippen molar-refractivity contribution in [2.75, 3.05) is 18.4 Å². The molecule has 0 radical (unpaired) electrons. The molecule has 4 N–H and O–H groups in total. The van der Waals surface area contributed by atoms with Gasteiger partial charge in [-0.25, -0.2) is 4.79 Å². The molecule has 1 saturated heterocycles. The molecule has 0 spiro atoms. The fourth-order valence-electron chi connectivity index (χ4n) is 3.87. The van der Waals surface area contributed by atoms with Crippen LogP contribution in [0.4, 0.5) is 5.69 Å². The zero-order valence-electron chi connectivity index (χ0n) is 14.6. The lowest BCUT2D eigenvalue weighted by Crippen LogP contribution is -2.27. The molecule has 2 aromatic rings. The molecule has 134 valence electrons. The van der Waals surface area contributed by atoms with E-state index in [0.717, 1.165) is 42.7 Å². The summed E-state index contributed by atoms with van der Waals surface area (Å²) >= 11 is 0. The number of aromatic amines is 1. The van der Waals surface area contributed by atoms with E-state index >= 15 is 0 Å². The Balaban J connectivity index is 1.80. The number of anilines is 1. The van der Waals surface area contributed by atoms with Crippen molar-refractivity contribution in [3.8, 4) is 0 Å². The van der Waals surface area contributed by atoms with E-state index in [9.17, 15) is 14.7 Å². The van der Waals surface area contributed by atoms with E-state index in [0.29, 0.717) is 17.2 Å². The fraction of sp³-hybridized carbons (Fsp3) is 0.300. The summed E-state index contributed by atoms with van der Waals surface area (Å²) < 4.78 is 0. The number of aryl methyl sites for hydroxylation is 1. The number of aromatic nitrogens is 1. The van der Waals surface area contributed by atoms with Crippen LogP contribution < -0.4 is 10.6 Å². The molecule has 1 aromatic carbocycles. The van der Waals surface area contributed by atoms with Gasteiger partial charge in [0.15, 0.2) is 0 Å². The Morgan fingerprint density at radius 2 is 2.04 bits per heavy atom. The highest BCUT2D eigenvalue weighted by Gasteiger charge is 2.30. The average molecular weight is 351 g/mol. The Morgan fingerprint density at radius 3 is 2.73 bits per heavy atom. The highest BCUT2D eigenvalue weighted by atomic mass is 16.4. The number of aromatic carboxylic acids is 1. The number of carboxylic acids is 1. The summed E-state index contributed by atoms with van der Waals surface area (Å²) in [5.41, 5.74) is 5.15. The maximum Gasteiger partial charge on any atom is 0.352 e. The molecule has 1 fully saturated rings. The molecule has 0 saturated carbocycles. The van der Waals surface area contributed by atoms with Crippen molar-refractivity contribution in [2.24, 2.45) is 0 Å². The van der Waals surface area contributed by atoms with Crippen LogP contribution in [0.5, 0.6) is 0 Å². The van der Waals surface area contributed by atoms with Gasteiger partial charge in [0.2, 0.25) is 0 Å². The van der Waals surface area contributed by atoms with Crippen molar-refractivity contribution in [2.45, 2.75) is 25.7 Å². The van der Waals surface area contributed by atoms with Gasteiger partial charge in [-0.1, -0.05) is 12.1 Å². The Kier molecular flexibility index (Phi) is 4.12. The van der Waals surface area contributed by atoms with Gasteiger partial charge in [-0.3, -0.25) is 4.79 Å². The van der Waals surface area contributed by atoms with Gasteiger partial charge in [0, 0.05) is 16.9 Å². The number of carbonyl (C=O) groups excluding carboxylic acids is 1. The van der Waals surface area contributed by atoms with E-state index in [2.05, 4.69) is 21.7 Å². The first kappa shape index (κ1) is 16.6. The third-order valence-electron chi connectivity index (χ3n) is 5.21. The van der Waals surface area contributed by atoms with Crippen LogP contribution in [0, 0.1) is 6.92 Å². The summed E-state index contributed by atoms with van der Waals surface area (Å²) in [6.07, 6.45) is 3.86. The number of nitrogens with one attached hydrogen (secondary N) is 3. The number of benzene rings is 1. The van der Waals surface area contributed by atoms with Gasteiger partial charge in [0.1, 0.15) is 5.69 Å². The van der Waals surface area contributed by atoms with E-state index in [4.69, 9.17) is 0 Å². The highest BCUT2D eigenvalue weighted by Crippen LogP contribution is 2.41. The molecule has 1 amide bonds. The molecule has 0 aliphatic carbocycles. The number of carbonyl (C=O) groups is 2. The number of fused-ring (bicyclic) bond motifs is 1. The second-order valence-electron chi connectivity index (χ2n) is 6.89. The van der Waals surface area contributed by atoms with Gasteiger partial charge in [-0.05, 0) is 68.1 Å². The number of hydrogen-bond donors (Lipinski definition) is 4. The Morgan fingerprint density at radius 1 is 1.27 bits per heavy atom. The minimum atomic E-state index is -1.01. The summed E-state index contributed by atoms with van der Waals surface area (Å²) in [6.45, 7) is 3.79. The molecule has 0 bridgehead atoms. The van der Waals surface area contributed by atoms with E-state index in [1.807, 2.05) is 19.1 Å². The molecule has 2 aliphatic rings. The molecule has 6 heteroatoms. The van der Waals surface area contributed by atoms with Crippen molar-refractivity contribution in [1.29, 1.82) is 0 Å². The van der Waals surface area contributed by atoms with Gasteiger partial charge in [0.25, 0.3) is 5.91 Å². The van der Waals surface area contributed by atoms with Crippen LogP contribution in [0.1, 0.15) is 51.6 Å². The molecule has 3 heterocycles. The third kappa shape index (κ3) is 2.82. The molecule has 0 atom stereocenters. The number of hydrogen-bond acceptors (Lipinski definition) is 3. The third-order valence-corrected chi connectivity index (χ3v) is 5.21. The van der Waals surface area contributed by atoms with Crippen molar-refractivity contribution >= 4 is 29.2 Å². The number of piperidine rings is 1. The first-order valence-corrected chi connectivity index (χ1v) is 8.84. The van der Waals surface area contributed by atoms with Crippen LogP contribution >= 0.6 is 0 Å². The molecule has 1 aromatic heterocycles. The van der Waals surface area contributed by atoms with Gasteiger partial charge in [0.05, 0.1) is 5.57 Å². The lowest BCUT2D eigenvalue weighted by molar-refractivity contribution is -0.110. The Bertz CT molecular complexity index is 920. The number of H-pyrrole nitrogens is 1. The van der Waals surface area contributed by atoms with Gasteiger partial charge in [-0.15, -0.1) is 0 Å². The number of amides is 1. The summed E-state index contributed by atoms with van der Waals surface area (Å²) in [5.74, 6) is -0.738. The molecule has 2 aliphatic heterocycles. The first-order chi connectivity index (χ1) is 12.5. The van der Waals surface area contributed by atoms with Gasteiger partial charge in [-0.2, -0.15) is 0 Å². The summed E-state index contributed by atoms with van der Waals surface area (Å²) in [7, 11) is 0. The van der Waals surface area contributed by atoms with Crippen LogP contribution in [-0.2, 0) is 4.79 Å². The van der Waals surface area contributed by atoms with Crippen molar-refractivity contribution in [3.05, 3.63) is 52.3 Å². The number of rotatable bonds is 3. The quantitative estimate of drug-likeness (QED) is 0.640. The second kappa shape index (κ2) is 6.46. The van der Waals surface area contributed by atoms with Crippen LogP contribution in [0.2, 0.25) is 0 Å². The smallest absolute Gasteiger partial charge is 0.352 e. The van der Waals surface area contributed by atoms with E-state index in [1.54, 1.807) is 12.1 Å². The molecule has 26 heavy (non-hydrogen) atoms. The van der Waals surface area contributed by atoms with Crippen LogP contribution in [0.15, 0.2) is 24.3 Å². The normalized spacial score (nSPS) is 18.8. The zero-order valence-corrected chi connectivity index (χ0v) is 14.6. The standard InChI is InChI=1S/C20H21N3O3/c1-11-9-17(20(25)26)22-16(11)10-14-18-13(12-5-7-21-8-6-12)3-2-4-15(18)23-19(14)24/h2-4,9-10,12,21-22H,5-8H2,1H3,(H,23,24)(H,25,26). The summed E-state index contributed by atoms with van der Waals surface area (Å²) in [6, 6.07) is 7.60. The fourth-order valence-corrected chi connectivity index (χ4v) is 3.87. The maximum absolute atomic E-state index is 12.6. The van der Waals surface area contributed by atoms with E-state index < -0.39 is 5.97 Å². The largest absolute Gasteiger partial charge is 0.477 e. The second-order valence-corrected chi connectivity index (χ2v) is 6.89. The number of carboxylic acid groups (broad SMARTS) is 1. The van der Waals surface area contributed by atoms with Crippen molar-refractivity contribution in [3.63, 3.8) is 0 Å². The Labute approximate surface area is 151 Å². The lowest BCUT2D eigenvalue weighted by atomic mass is 9.85. The average Bonchev–Trinajstić information content (AvgIpc) is 3.16. The summed E-state index contributed by atoms with van der Waals surface area (Å²) in [4.78, 5) is 26.7. The Hall–Kier alpha value is -2.86. The van der Waals surface area contributed by atoms with Crippen LogP contribution in [0.25, 0.3) is 11.6 Å². The molecule has 6 nitrogen and oxygen atoms in total. The monoisotopic (exact) mass is 351 g/mol. The topological polar surface area (TPSA) is 94.2 Å². The zero-order chi connectivity index (χ0) is 18.3. The van der Waals surface area contributed by atoms with Crippen molar-refractivity contribution < 1.29 is 14.7 Å². The predicted molar refractivity (Wildman–Crippen MR) is 100 cm³/mol. The molecular formula is C20H21N3O3. The molecular weight excluding hydrogens is 330 g/mol. The minimum absolute atomic E-state index is 0.125. The first-order valence-electron chi connectivity index (χ1n) is 8.84. The van der Waals surface area contributed by atoms with E-state index in [-0.39, 0.29) is 11.6 Å². The maximum atomic E-state index is 12.6. The van der Waals surface area contributed by atoms with Gasteiger partial charge >= 0.3 is 5.97 Å². The lowest BCUT2D eigenvalue weighted by Gasteiger charge is -2.25. The predicted octanol–water partition coefficient (Wildman–Crippen LogP) is 2.98. The SMILES string of the molecule is Cc1cc(C(=O)O)[nH]c1C=C1C(=O)Nc2cccc(C3CCNCC3)c21. The van der Waals surface area contributed by atoms with Gasteiger partial charge < -0.3 is 20.7 Å². The van der Waals surface area contributed by atoms with E-state index in [1.165, 1.54) is 5.56 Å². The molecule has 4 rings (SSSR count). The summed E-state index contributed by atoms with van der Waals surface area (Å²) in [5, 5.41) is 15.5. The van der Waals surface area contributed by atoms with Crippen LogP contribution in [0.3, 0.4) is 0 Å². The highest BCUT2D eigenvalue weighted by molar-refractivity contribution is 6.35.